The van der Waals surface area contributed by atoms with Gasteiger partial charge < -0.3 is 109 Å². The zero-order valence-electron chi connectivity index (χ0n) is 52.4. The van der Waals surface area contributed by atoms with Crippen molar-refractivity contribution < 1.29 is 136 Å². The van der Waals surface area contributed by atoms with Crippen LogP contribution in [0, 0.1) is 17.8 Å². The molecule has 6 fully saturated rings. The summed E-state index contributed by atoms with van der Waals surface area (Å²) in [6.07, 6.45) is -11.6. The van der Waals surface area contributed by atoms with Crippen LogP contribution in [0.5, 0.6) is 0 Å². The topological polar surface area (TPSA) is 439 Å². The maximum absolute atomic E-state index is 14.0. The first-order valence-electron chi connectivity index (χ1n) is 31.9. The highest BCUT2D eigenvalue weighted by Crippen LogP contribution is 2.50. The summed E-state index contributed by atoms with van der Waals surface area (Å²) in [4.78, 5) is 67.6. The summed E-state index contributed by atoms with van der Waals surface area (Å²) in [5, 5.41) is 101. The summed E-state index contributed by atoms with van der Waals surface area (Å²) in [7, 11) is -9.88. The van der Waals surface area contributed by atoms with Crippen molar-refractivity contribution in [3.8, 4) is 0 Å². The van der Waals surface area contributed by atoms with Gasteiger partial charge in [-0.3, -0.25) is 32.5 Å². The number of ether oxygens (including phenoxy) is 7. The lowest BCUT2D eigenvalue weighted by molar-refractivity contribution is -0.282. The minimum absolute atomic E-state index is 0.0343. The number of unbranched alkanes of at least 4 members (excludes halogenated alkanes) is 6. The SMILES string of the molecule is CC(C)OC[C@@H]1C[C@@H](OP(=O)(O)OC[C@@H]2C[C@@H](OP(=O)(O)OC[C@@H]3C[C@@H](O)CN3C(=O)CCCCCO[C@@H]3OC(CO)[C@H](O)[C@H](O)C3C)CN2C(=O)CCCCCO[C@@H]2OC(CO)[C@H](O)[C@H](O)C2C)CN1C(=O)CCCCCO[C@@H]1OC(CO)[C@H](O)[C@H](O)C1C. The molecule has 12 N–H and O–H groups in total. The number of carbonyl (C=O) groups is 3. The van der Waals surface area contributed by atoms with Crippen LogP contribution >= 0.6 is 15.6 Å². The van der Waals surface area contributed by atoms with Gasteiger partial charge in [0, 0.05) is 76.5 Å². The van der Waals surface area contributed by atoms with Crippen molar-refractivity contribution >= 4 is 33.4 Å². The molecule has 0 radical (unpaired) electrons. The molecule has 33 heteroatoms. The fourth-order valence-electron chi connectivity index (χ4n) is 12.2. The molecule has 6 saturated heterocycles. The molecule has 6 rings (SSSR count). The molecular formula is C57H103N3O28P2. The molecule has 23 atom stereocenters. The molecule has 524 valence electrons. The Morgan fingerprint density at radius 2 is 0.789 bits per heavy atom. The number of aliphatic hydroxyl groups is 10. The normalized spacial score (nSPS) is 36.4. The fourth-order valence-corrected chi connectivity index (χ4v) is 14.1. The van der Waals surface area contributed by atoms with Crippen LogP contribution in [0.25, 0.3) is 0 Å². The molecule has 0 bridgehead atoms. The number of carbonyl (C=O) groups excluding carboxylic acids is 3. The highest BCUT2D eigenvalue weighted by atomic mass is 31.2. The summed E-state index contributed by atoms with van der Waals surface area (Å²) in [5.41, 5.74) is 0. The quantitative estimate of drug-likeness (QED) is 0.0276. The van der Waals surface area contributed by atoms with Crippen molar-refractivity contribution in [1.29, 1.82) is 0 Å². The Labute approximate surface area is 526 Å². The van der Waals surface area contributed by atoms with Gasteiger partial charge in [0.05, 0.1) is 100 Å². The van der Waals surface area contributed by atoms with Crippen LogP contribution in [0.3, 0.4) is 0 Å². The average molecular weight is 1340 g/mol. The first-order chi connectivity index (χ1) is 42.7. The number of nitrogens with zero attached hydrogens (tertiary/aromatic N) is 3. The van der Waals surface area contributed by atoms with E-state index in [2.05, 4.69) is 0 Å². The number of hydrogen-bond acceptors (Lipinski definition) is 26. The maximum atomic E-state index is 14.0. The Bertz CT molecular complexity index is 2260. The molecule has 0 aromatic rings. The van der Waals surface area contributed by atoms with Crippen molar-refractivity contribution in [2.75, 3.05) is 79.1 Å². The predicted octanol–water partition coefficient (Wildman–Crippen LogP) is -0.464. The van der Waals surface area contributed by atoms with E-state index in [1.807, 2.05) is 13.8 Å². The second-order valence-corrected chi connectivity index (χ2v) is 27.9. The highest BCUT2D eigenvalue weighted by Gasteiger charge is 2.47. The fraction of sp³-hybridized carbons (Fsp3) is 0.947. The lowest BCUT2D eigenvalue weighted by Crippen LogP contribution is -2.55. The summed E-state index contributed by atoms with van der Waals surface area (Å²) in [5.74, 6) is -2.71. The van der Waals surface area contributed by atoms with Crippen LogP contribution in [0.1, 0.15) is 131 Å². The third-order valence-corrected chi connectivity index (χ3v) is 19.7. The number of aliphatic hydroxyl groups excluding tert-OH is 10. The summed E-state index contributed by atoms with van der Waals surface area (Å²) >= 11 is 0. The molecule has 8 unspecified atom stereocenters. The summed E-state index contributed by atoms with van der Waals surface area (Å²) < 4.78 is 89.8. The Morgan fingerprint density at radius 3 is 1.12 bits per heavy atom. The number of amides is 3. The van der Waals surface area contributed by atoms with Gasteiger partial charge in [-0.1, -0.05) is 40.0 Å². The minimum atomic E-state index is -4.95. The van der Waals surface area contributed by atoms with E-state index in [4.69, 9.17) is 51.3 Å². The van der Waals surface area contributed by atoms with Gasteiger partial charge in [-0.05, 0) is 71.6 Å². The minimum Gasteiger partial charge on any atom is -0.394 e. The van der Waals surface area contributed by atoms with Crippen LogP contribution in [-0.2, 0) is 74.8 Å². The van der Waals surface area contributed by atoms with Gasteiger partial charge in [0.15, 0.2) is 18.9 Å². The largest absolute Gasteiger partial charge is 0.472 e. The third-order valence-electron chi connectivity index (χ3n) is 17.7. The van der Waals surface area contributed by atoms with Crippen molar-refractivity contribution in [2.24, 2.45) is 17.8 Å². The van der Waals surface area contributed by atoms with Crippen LogP contribution in [0.2, 0.25) is 0 Å². The molecular weight excluding hydrogens is 1240 g/mol. The molecule has 3 amide bonds. The van der Waals surface area contributed by atoms with E-state index in [-0.39, 0.29) is 103 Å². The van der Waals surface area contributed by atoms with Crippen molar-refractivity contribution in [1.82, 2.24) is 14.7 Å². The zero-order valence-corrected chi connectivity index (χ0v) is 54.2. The average Bonchev–Trinajstić information content (AvgIpc) is 1.10. The number of phosphoric ester groups is 2. The Kier molecular flexibility index (Phi) is 31.5. The van der Waals surface area contributed by atoms with Crippen molar-refractivity contribution in [2.45, 2.75) is 247 Å². The van der Waals surface area contributed by atoms with Crippen LogP contribution < -0.4 is 0 Å². The smallest absolute Gasteiger partial charge is 0.394 e. The maximum Gasteiger partial charge on any atom is 0.472 e. The number of phosphoric acid groups is 2. The molecule has 0 saturated carbocycles. The van der Waals surface area contributed by atoms with Gasteiger partial charge in [0.1, 0.15) is 36.6 Å². The second kappa shape index (κ2) is 36.9. The van der Waals surface area contributed by atoms with E-state index >= 15 is 0 Å². The van der Waals surface area contributed by atoms with E-state index in [1.165, 1.54) is 9.80 Å². The summed E-state index contributed by atoms with van der Waals surface area (Å²) in [6, 6.07) is -2.29. The third kappa shape index (κ3) is 22.5. The molecule has 90 heavy (non-hydrogen) atoms. The number of β-amino-alcohol motifs (C(OH)–C–C–N with tert-alkyl or cyclic N) is 1. The Hall–Kier alpha value is -2.05. The zero-order chi connectivity index (χ0) is 66.0. The van der Waals surface area contributed by atoms with Gasteiger partial charge in [0.25, 0.3) is 0 Å². The lowest BCUT2D eigenvalue weighted by atomic mass is 9.92. The first-order valence-corrected chi connectivity index (χ1v) is 34.9. The lowest BCUT2D eigenvalue weighted by Gasteiger charge is -2.40. The van der Waals surface area contributed by atoms with E-state index < -0.39 is 183 Å². The van der Waals surface area contributed by atoms with Gasteiger partial charge in [-0.2, -0.15) is 0 Å². The monoisotopic (exact) mass is 1340 g/mol. The number of hydrogen-bond donors (Lipinski definition) is 12. The molecule has 0 aromatic heterocycles. The van der Waals surface area contributed by atoms with E-state index in [0.29, 0.717) is 57.8 Å². The van der Waals surface area contributed by atoms with Gasteiger partial charge in [-0.25, -0.2) is 9.13 Å². The molecule has 6 heterocycles. The van der Waals surface area contributed by atoms with E-state index in [1.54, 1.807) is 25.7 Å². The Balaban J connectivity index is 0.997. The predicted molar refractivity (Wildman–Crippen MR) is 313 cm³/mol. The Morgan fingerprint density at radius 1 is 0.467 bits per heavy atom. The molecule has 0 aromatic carbocycles. The second-order valence-electron chi connectivity index (χ2n) is 25.1. The van der Waals surface area contributed by atoms with E-state index in [9.17, 15) is 84.4 Å². The van der Waals surface area contributed by atoms with E-state index in [0.717, 1.165) is 0 Å². The molecule has 31 nitrogen and oxygen atoms in total. The molecule has 0 aliphatic carbocycles. The van der Waals surface area contributed by atoms with Gasteiger partial charge in [-0.15, -0.1) is 0 Å². The highest BCUT2D eigenvalue weighted by molar-refractivity contribution is 7.47. The summed E-state index contributed by atoms with van der Waals surface area (Å²) in [6.45, 7) is 6.40. The first kappa shape index (κ1) is 77.0. The molecule has 6 aliphatic rings. The molecule has 0 spiro atoms. The van der Waals surface area contributed by atoms with Crippen LogP contribution in [-0.4, -0.2) is 289 Å². The standard InChI is InChI=1S/C57H103N3O28P2/c1-33(2)81-30-38-22-41(25-59(38)47(66)16-10-7-13-19-79-56-35(4)50(69)53(72)44(28-62)85-56)87-90(76,77)83-32-39-23-42(26-60(39)48(67)17-11-8-14-20-80-57-36(5)51(70)54(73)45(29-63)86-57)88-89(74,75)82-31-37-21-40(64)24-58(37)46(65)15-9-6-12-18-78-55-34(3)49(68)52(71)43(27-61)84-55/h33-45,49-57,61-64,68-73H,6-32H2,1-5H3,(H,74,75)(H,76,77)/t34?,35?,36?,37-,38-,39-,40+,41+,42+,43?,44?,45?,49+,50+,51+,52-,53-,54-,55+,56+,57+/m0/s1. The van der Waals surface area contributed by atoms with Crippen LogP contribution in [0.4, 0.5) is 0 Å². The van der Waals surface area contributed by atoms with Crippen molar-refractivity contribution in [3.05, 3.63) is 0 Å². The van der Waals surface area contributed by atoms with Gasteiger partial charge >= 0.3 is 15.6 Å². The number of likely N-dealkylation sites (tertiary alicyclic amines) is 3. The van der Waals surface area contributed by atoms with Crippen LogP contribution in [0.15, 0.2) is 0 Å². The number of rotatable bonds is 37. The van der Waals surface area contributed by atoms with Crippen molar-refractivity contribution in [3.63, 3.8) is 0 Å². The van der Waals surface area contributed by atoms with Gasteiger partial charge in [0.2, 0.25) is 17.7 Å². The molecule has 6 aliphatic heterocycles.